The van der Waals surface area contributed by atoms with Crippen molar-refractivity contribution < 1.29 is 18.8 Å². The van der Waals surface area contributed by atoms with Crippen LogP contribution in [0.5, 0.6) is 5.75 Å². The molecule has 0 saturated heterocycles. The van der Waals surface area contributed by atoms with Gasteiger partial charge in [0.05, 0.1) is 31.0 Å². The van der Waals surface area contributed by atoms with Gasteiger partial charge in [-0.3, -0.25) is 9.48 Å². The quantitative estimate of drug-likeness (QED) is 0.0525. The Morgan fingerprint density at radius 3 is 2.46 bits per heavy atom. The average molecular weight is 723 g/mol. The van der Waals surface area contributed by atoms with Crippen molar-refractivity contribution in [1.29, 1.82) is 0 Å². The number of hydrogen-bond donors (Lipinski definition) is 1. The maximum absolute atomic E-state index is 13.5. The molecule has 11 heteroatoms. The highest BCUT2D eigenvalue weighted by atomic mass is 32.2. The summed E-state index contributed by atoms with van der Waals surface area (Å²) in [6.45, 7) is 9.39. The molecule has 1 N–H and O–H groups in total. The van der Waals surface area contributed by atoms with Crippen molar-refractivity contribution in [2.24, 2.45) is 7.05 Å². The Bertz CT molecular complexity index is 1900. The molecule has 5 rings (SSSR count). The van der Waals surface area contributed by atoms with Gasteiger partial charge in [0.15, 0.2) is 10.6 Å². The molecule has 52 heavy (non-hydrogen) atoms. The minimum Gasteiger partial charge on any atom is -0.611 e. The van der Waals surface area contributed by atoms with E-state index in [1.165, 1.54) is 0 Å². The second-order valence-electron chi connectivity index (χ2n) is 12.9. The molecule has 10 nitrogen and oxygen atoms in total. The van der Waals surface area contributed by atoms with Crippen molar-refractivity contribution >= 4 is 34.5 Å². The predicted octanol–water partition coefficient (Wildman–Crippen LogP) is 7.88. The Labute approximate surface area is 310 Å². The zero-order chi connectivity index (χ0) is 36.9. The van der Waals surface area contributed by atoms with Crippen LogP contribution < -0.4 is 15.0 Å². The fourth-order valence-electron chi connectivity index (χ4n) is 5.77. The number of aromatic nitrogens is 4. The summed E-state index contributed by atoms with van der Waals surface area (Å²) in [5.41, 5.74) is 7.16. The first-order chi connectivity index (χ1) is 25.2. The van der Waals surface area contributed by atoms with Gasteiger partial charge in [-0.2, -0.15) is 5.10 Å². The molecule has 1 atom stereocenters. The maximum atomic E-state index is 13.5. The summed E-state index contributed by atoms with van der Waals surface area (Å²) < 4.78 is 28.4. The molecular formula is C41H50N6O4S. The lowest BCUT2D eigenvalue weighted by atomic mass is 9.99. The van der Waals surface area contributed by atoms with Crippen molar-refractivity contribution in [2.45, 2.75) is 63.8 Å². The van der Waals surface area contributed by atoms with Crippen molar-refractivity contribution in [3.8, 4) is 16.9 Å². The number of imidazole rings is 1. The Hall–Kier alpha value is -4.84. The molecule has 2 aromatic heterocycles. The second kappa shape index (κ2) is 19.1. The van der Waals surface area contributed by atoms with Crippen LogP contribution in [0.25, 0.3) is 17.2 Å². The number of amides is 1. The van der Waals surface area contributed by atoms with E-state index in [1.54, 1.807) is 41.5 Å². The molecule has 0 spiro atoms. The fourth-order valence-corrected chi connectivity index (χ4v) is 6.88. The molecular weight excluding hydrogens is 673 g/mol. The number of hydrogen-bond acceptors (Lipinski definition) is 7. The second-order valence-corrected chi connectivity index (χ2v) is 14.3. The lowest BCUT2D eigenvalue weighted by molar-refractivity contribution is -0.112. The van der Waals surface area contributed by atoms with Gasteiger partial charge in [-0.1, -0.05) is 38.5 Å². The molecule has 3 aromatic carbocycles. The lowest BCUT2D eigenvalue weighted by Gasteiger charge is -2.22. The van der Waals surface area contributed by atoms with E-state index < -0.39 is 11.2 Å². The molecule has 0 aliphatic carbocycles. The summed E-state index contributed by atoms with van der Waals surface area (Å²) in [4.78, 5) is 20.6. The number of nitrogens with zero attached hydrogens (tertiary/aromatic N) is 5. The van der Waals surface area contributed by atoms with Gasteiger partial charge in [0.2, 0.25) is 0 Å². The lowest BCUT2D eigenvalue weighted by Crippen LogP contribution is -2.17. The summed E-state index contributed by atoms with van der Waals surface area (Å²) in [6.07, 6.45) is 12.5. The van der Waals surface area contributed by atoms with Crippen LogP contribution in [0.1, 0.15) is 56.9 Å². The van der Waals surface area contributed by atoms with Crippen LogP contribution in [0, 0.1) is 0 Å². The minimum atomic E-state index is -1.23. The van der Waals surface area contributed by atoms with Crippen LogP contribution in [0.3, 0.4) is 0 Å². The number of carbonyl (C=O) groups is 1. The summed E-state index contributed by atoms with van der Waals surface area (Å²) >= 11 is -1.23. The highest BCUT2D eigenvalue weighted by Crippen LogP contribution is 2.31. The number of aryl methyl sites for hydroxylation is 2. The first-order valence-corrected chi connectivity index (χ1v) is 19.2. The van der Waals surface area contributed by atoms with Crippen LogP contribution in [0.15, 0.2) is 102 Å². The monoisotopic (exact) mass is 722 g/mol. The Kier molecular flexibility index (Phi) is 14.1. The average Bonchev–Trinajstić information content (AvgIpc) is 3.77. The van der Waals surface area contributed by atoms with Gasteiger partial charge in [-0.05, 0) is 102 Å². The SMILES string of the molecule is CCCCOCCOc1ccc(-c2ccc(N(C)Cc3cnn(C)c3)c(C=C(C)C(=O)Nc3ccc([S+]([O-])Cc4cncn4CCC)cc3)c2)cc1. The van der Waals surface area contributed by atoms with Crippen LogP contribution in [0.2, 0.25) is 0 Å². The topological polar surface area (TPSA) is 110 Å². The van der Waals surface area contributed by atoms with E-state index >= 15 is 0 Å². The normalized spacial score (nSPS) is 12.2. The Morgan fingerprint density at radius 2 is 1.75 bits per heavy atom. The van der Waals surface area contributed by atoms with Crippen molar-refractivity contribution in [3.63, 3.8) is 0 Å². The van der Waals surface area contributed by atoms with Gasteiger partial charge in [0.1, 0.15) is 12.4 Å². The van der Waals surface area contributed by atoms with Crippen LogP contribution in [-0.4, -0.2) is 56.7 Å². The first kappa shape index (κ1) is 38.4. The molecule has 2 heterocycles. The molecule has 0 radical (unpaired) electrons. The van der Waals surface area contributed by atoms with Gasteiger partial charge in [-0.15, -0.1) is 0 Å². The molecule has 1 amide bonds. The molecule has 0 aliphatic rings. The maximum Gasteiger partial charge on any atom is 0.251 e. The van der Waals surface area contributed by atoms with Crippen LogP contribution in [-0.2, 0) is 46.6 Å². The number of carbonyl (C=O) groups excluding carboxylic acids is 1. The van der Waals surface area contributed by atoms with E-state index in [0.29, 0.717) is 41.7 Å². The fraction of sp³-hybridized carbons (Fsp3) is 0.341. The molecule has 1 unspecified atom stereocenters. The third-order valence-electron chi connectivity index (χ3n) is 8.59. The van der Waals surface area contributed by atoms with Crippen molar-refractivity contribution in [2.75, 3.05) is 37.1 Å². The summed E-state index contributed by atoms with van der Waals surface area (Å²) in [5.74, 6) is 0.960. The Morgan fingerprint density at radius 1 is 0.981 bits per heavy atom. The molecule has 0 fully saturated rings. The van der Waals surface area contributed by atoms with E-state index in [0.717, 1.165) is 71.8 Å². The summed E-state index contributed by atoms with van der Waals surface area (Å²) in [6, 6.07) is 21.5. The molecule has 274 valence electrons. The predicted molar refractivity (Wildman–Crippen MR) is 210 cm³/mol. The van der Waals surface area contributed by atoms with Crippen LogP contribution in [0.4, 0.5) is 11.4 Å². The Balaban J connectivity index is 1.30. The molecule has 0 saturated carbocycles. The molecule has 0 aliphatic heterocycles. The summed E-state index contributed by atoms with van der Waals surface area (Å²) in [5, 5.41) is 7.33. The summed E-state index contributed by atoms with van der Waals surface area (Å²) in [7, 11) is 3.94. The van der Waals surface area contributed by atoms with E-state index in [-0.39, 0.29) is 5.91 Å². The van der Waals surface area contributed by atoms with Crippen molar-refractivity contribution in [1.82, 2.24) is 19.3 Å². The standard InChI is InChI=1S/C41H50N6O4S/c1-6-8-20-50-21-22-51-38-14-9-33(10-15-38)34-11-18-40(45(4)27-32-25-43-46(5)28-32)35(24-34)23-31(3)41(48)44-36-12-16-39(17-13-36)52(49)29-37-26-42-30-47(37)19-7-2/h9-18,23-26,28,30H,6-8,19-22,27,29H2,1-5H3,(H,44,48). The third kappa shape index (κ3) is 10.8. The minimum absolute atomic E-state index is 0.219. The first-order valence-electron chi connectivity index (χ1n) is 17.8. The zero-order valence-corrected chi connectivity index (χ0v) is 31.7. The van der Waals surface area contributed by atoms with Gasteiger partial charge in [-0.25, -0.2) is 4.98 Å². The number of nitrogens with one attached hydrogen (secondary N) is 1. The van der Waals surface area contributed by atoms with Gasteiger partial charge < -0.3 is 28.8 Å². The smallest absolute Gasteiger partial charge is 0.251 e. The largest absolute Gasteiger partial charge is 0.611 e. The van der Waals surface area contributed by atoms with E-state index in [2.05, 4.69) is 52.3 Å². The van der Waals surface area contributed by atoms with E-state index in [4.69, 9.17) is 9.47 Å². The van der Waals surface area contributed by atoms with Gasteiger partial charge in [0, 0.05) is 62.5 Å². The molecule has 0 bridgehead atoms. The highest BCUT2D eigenvalue weighted by Gasteiger charge is 2.16. The zero-order valence-electron chi connectivity index (χ0n) is 30.9. The third-order valence-corrected chi connectivity index (χ3v) is 9.95. The van der Waals surface area contributed by atoms with Gasteiger partial charge in [0.25, 0.3) is 5.91 Å². The number of benzene rings is 3. The number of unbranched alkanes of at least 4 members (excludes halogenated alkanes) is 1. The number of ether oxygens (including phenoxy) is 2. The van der Waals surface area contributed by atoms with E-state index in [9.17, 15) is 9.35 Å². The van der Waals surface area contributed by atoms with Crippen LogP contribution >= 0.6 is 0 Å². The number of anilines is 2. The van der Waals surface area contributed by atoms with Crippen molar-refractivity contribution in [3.05, 3.63) is 114 Å². The van der Waals surface area contributed by atoms with E-state index in [1.807, 2.05) is 68.3 Å². The molecule has 5 aromatic rings. The number of rotatable bonds is 19. The van der Waals surface area contributed by atoms with Gasteiger partial charge >= 0.3 is 0 Å². The highest BCUT2D eigenvalue weighted by molar-refractivity contribution is 7.90.